The highest BCUT2D eigenvalue weighted by atomic mass is 16.3. The van der Waals surface area contributed by atoms with Gasteiger partial charge in [0.05, 0.1) is 12.8 Å². The first kappa shape index (κ1) is 6.72. The van der Waals surface area contributed by atoms with Gasteiger partial charge in [-0.2, -0.15) is 0 Å². The summed E-state index contributed by atoms with van der Waals surface area (Å²) in [5, 5.41) is 3.32. The van der Waals surface area contributed by atoms with Gasteiger partial charge >= 0.3 is 0 Å². The monoisotopic (exact) mass is 163 g/mol. The van der Waals surface area contributed by atoms with Gasteiger partial charge in [0.25, 0.3) is 0 Å². The van der Waals surface area contributed by atoms with Crippen LogP contribution in [0, 0.1) is 0 Å². The van der Waals surface area contributed by atoms with Crippen molar-refractivity contribution in [2.75, 3.05) is 0 Å². The zero-order chi connectivity index (χ0) is 7.97. The molecule has 1 fully saturated rings. The second-order valence-corrected chi connectivity index (χ2v) is 3.82. The lowest BCUT2D eigenvalue weighted by molar-refractivity contribution is 0.410. The van der Waals surface area contributed by atoms with Crippen molar-refractivity contribution in [2.24, 2.45) is 0 Å². The summed E-state index contributed by atoms with van der Waals surface area (Å²) in [6, 6.07) is 0. The largest absolute Gasteiger partial charge is 0.467 e. The maximum Gasteiger partial charge on any atom is 0.122 e. The van der Waals surface area contributed by atoms with Gasteiger partial charge in [-0.1, -0.05) is 6.42 Å². The molecule has 0 aromatic carbocycles. The summed E-state index contributed by atoms with van der Waals surface area (Å²) < 4.78 is 5.50. The Morgan fingerprint density at radius 2 is 2.25 bits per heavy atom. The molecule has 0 radical (unpaired) electrons. The molecule has 2 heterocycles. The van der Waals surface area contributed by atoms with E-state index in [0.29, 0.717) is 0 Å². The first-order valence-electron chi connectivity index (χ1n) is 4.75. The highest BCUT2D eigenvalue weighted by molar-refractivity contribution is 5.34. The van der Waals surface area contributed by atoms with Gasteiger partial charge in [0.2, 0.25) is 0 Å². The van der Waals surface area contributed by atoms with E-state index in [-0.39, 0.29) is 0 Å². The second kappa shape index (κ2) is 2.36. The summed E-state index contributed by atoms with van der Waals surface area (Å²) in [4.78, 5) is 0. The molecule has 2 aliphatic rings. The van der Waals surface area contributed by atoms with Crippen LogP contribution in [0.15, 0.2) is 10.7 Å². The van der Waals surface area contributed by atoms with Crippen LogP contribution in [0.1, 0.15) is 42.1 Å². The van der Waals surface area contributed by atoms with Crippen LogP contribution in [-0.2, 0) is 13.1 Å². The Morgan fingerprint density at radius 3 is 3.00 bits per heavy atom. The molecule has 0 unspecified atom stereocenters. The third kappa shape index (κ3) is 0.787. The van der Waals surface area contributed by atoms with Gasteiger partial charge < -0.3 is 9.73 Å². The Balaban J connectivity index is 1.99. The lowest BCUT2D eigenvalue weighted by Crippen LogP contribution is -2.10. The van der Waals surface area contributed by atoms with Crippen molar-refractivity contribution >= 4 is 0 Å². The lowest BCUT2D eigenvalue weighted by Gasteiger charge is -2.24. The average Bonchev–Trinajstić information content (AvgIpc) is 2.48. The molecule has 2 nitrogen and oxygen atoms in total. The van der Waals surface area contributed by atoms with E-state index in [1.54, 1.807) is 0 Å². The molecule has 1 N–H and O–H groups in total. The van der Waals surface area contributed by atoms with Crippen LogP contribution in [-0.4, -0.2) is 0 Å². The molecular weight excluding hydrogens is 150 g/mol. The van der Waals surface area contributed by atoms with Gasteiger partial charge in [-0.25, -0.2) is 0 Å². The second-order valence-electron chi connectivity index (χ2n) is 3.82. The molecule has 0 bridgehead atoms. The molecule has 12 heavy (non-hydrogen) atoms. The number of rotatable bonds is 1. The van der Waals surface area contributed by atoms with E-state index >= 15 is 0 Å². The zero-order valence-corrected chi connectivity index (χ0v) is 7.10. The molecular formula is C10H13NO. The van der Waals surface area contributed by atoms with E-state index in [9.17, 15) is 0 Å². The van der Waals surface area contributed by atoms with Gasteiger partial charge in [-0.05, 0) is 24.3 Å². The summed E-state index contributed by atoms with van der Waals surface area (Å²) in [6.45, 7) is 1.96. The minimum atomic E-state index is 0.817. The molecule has 2 heteroatoms. The smallest absolute Gasteiger partial charge is 0.122 e. The first-order chi connectivity index (χ1) is 5.95. The molecule has 0 amide bonds. The summed E-state index contributed by atoms with van der Waals surface area (Å²) >= 11 is 0. The zero-order valence-electron chi connectivity index (χ0n) is 7.10. The molecule has 64 valence electrons. The fraction of sp³-hybridized carbons (Fsp3) is 0.600. The van der Waals surface area contributed by atoms with Crippen LogP contribution in [0.4, 0.5) is 0 Å². The summed E-state index contributed by atoms with van der Waals surface area (Å²) in [6.07, 6.45) is 6.12. The van der Waals surface area contributed by atoms with Crippen molar-refractivity contribution in [2.45, 2.75) is 38.3 Å². The van der Waals surface area contributed by atoms with Crippen molar-refractivity contribution in [3.8, 4) is 0 Å². The highest BCUT2D eigenvalue weighted by Crippen LogP contribution is 2.40. The number of furan rings is 1. The van der Waals surface area contributed by atoms with E-state index in [2.05, 4.69) is 5.32 Å². The van der Waals surface area contributed by atoms with Crippen molar-refractivity contribution in [1.82, 2.24) is 5.32 Å². The van der Waals surface area contributed by atoms with Crippen LogP contribution >= 0.6 is 0 Å². The topological polar surface area (TPSA) is 25.2 Å². The molecule has 1 aliphatic carbocycles. The predicted octanol–water partition coefficient (Wildman–Crippen LogP) is 2.15. The molecule has 0 spiro atoms. The minimum absolute atomic E-state index is 0.817. The minimum Gasteiger partial charge on any atom is -0.467 e. The van der Waals surface area contributed by atoms with Crippen LogP contribution in [0.2, 0.25) is 0 Å². The molecule has 1 saturated carbocycles. The number of hydrogen-bond acceptors (Lipinski definition) is 2. The van der Waals surface area contributed by atoms with Gasteiger partial charge in [0, 0.05) is 12.1 Å². The van der Waals surface area contributed by atoms with Crippen LogP contribution < -0.4 is 5.32 Å². The molecule has 3 rings (SSSR count). The Hall–Kier alpha value is -0.760. The predicted molar refractivity (Wildman–Crippen MR) is 45.8 cm³/mol. The lowest BCUT2D eigenvalue weighted by atomic mass is 9.79. The van der Waals surface area contributed by atoms with Gasteiger partial charge in [-0.3, -0.25) is 0 Å². The van der Waals surface area contributed by atoms with Gasteiger partial charge in [0.15, 0.2) is 0 Å². The molecule has 1 aromatic rings. The normalized spacial score (nSPS) is 22.3. The standard InChI is InChI=1S/C10H13NO/c1-2-7(3-1)9-6-12-10-5-11-4-8(9)10/h6-7,11H,1-5H2. The van der Waals surface area contributed by atoms with Crippen LogP contribution in [0.5, 0.6) is 0 Å². The molecule has 1 aromatic heterocycles. The van der Waals surface area contributed by atoms with Crippen molar-refractivity contribution < 1.29 is 4.42 Å². The number of fused-ring (bicyclic) bond motifs is 1. The quantitative estimate of drug-likeness (QED) is 0.686. The maximum absolute atomic E-state index is 5.50. The van der Waals surface area contributed by atoms with Crippen LogP contribution in [0.25, 0.3) is 0 Å². The van der Waals surface area contributed by atoms with Crippen molar-refractivity contribution in [3.63, 3.8) is 0 Å². The van der Waals surface area contributed by atoms with E-state index in [1.807, 2.05) is 6.26 Å². The molecule has 1 aliphatic heterocycles. The SMILES string of the molecule is c1oc2c(c1C1CCC1)CNC2. The fourth-order valence-corrected chi connectivity index (χ4v) is 2.15. The third-order valence-corrected chi connectivity index (χ3v) is 3.15. The van der Waals surface area contributed by atoms with E-state index in [1.165, 1.54) is 36.1 Å². The average molecular weight is 163 g/mol. The molecule has 0 atom stereocenters. The summed E-state index contributed by atoms with van der Waals surface area (Å²) in [5.74, 6) is 1.99. The van der Waals surface area contributed by atoms with Crippen molar-refractivity contribution in [3.05, 3.63) is 23.2 Å². The Kier molecular flexibility index (Phi) is 1.32. The number of nitrogens with one attached hydrogen (secondary N) is 1. The van der Waals surface area contributed by atoms with E-state index < -0.39 is 0 Å². The third-order valence-electron chi connectivity index (χ3n) is 3.15. The summed E-state index contributed by atoms with van der Waals surface area (Å²) in [5.41, 5.74) is 2.95. The Labute approximate surface area is 72.0 Å². The van der Waals surface area contributed by atoms with Gasteiger partial charge in [0.1, 0.15) is 5.76 Å². The van der Waals surface area contributed by atoms with E-state index in [4.69, 9.17) is 4.42 Å². The Morgan fingerprint density at radius 1 is 1.33 bits per heavy atom. The molecule has 0 saturated heterocycles. The fourth-order valence-electron chi connectivity index (χ4n) is 2.15. The van der Waals surface area contributed by atoms with Gasteiger partial charge in [-0.15, -0.1) is 0 Å². The Bertz CT molecular complexity index is 299. The van der Waals surface area contributed by atoms with Crippen molar-refractivity contribution in [1.29, 1.82) is 0 Å². The number of hydrogen-bond donors (Lipinski definition) is 1. The maximum atomic E-state index is 5.50. The van der Waals surface area contributed by atoms with Crippen LogP contribution in [0.3, 0.4) is 0 Å². The highest BCUT2D eigenvalue weighted by Gasteiger charge is 2.27. The summed E-state index contributed by atoms with van der Waals surface area (Å²) in [7, 11) is 0. The first-order valence-corrected chi connectivity index (χ1v) is 4.75. The van der Waals surface area contributed by atoms with E-state index in [0.717, 1.165) is 19.0 Å².